The van der Waals surface area contributed by atoms with Crippen LogP contribution in [-0.4, -0.2) is 161 Å². The Morgan fingerprint density at radius 1 is 0.873 bits per heavy atom. The third-order valence-corrected chi connectivity index (χ3v) is 13.7. The summed E-state index contributed by atoms with van der Waals surface area (Å²) in [7, 11) is 5.24. The maximum Gasteiger partial charge on any atom is 0.311 e. The molecule has 3 heterocycles. The van der Waals surface area contributed by atoms with Crippen LogP contribution in [0.5, 0.6) is 5.75 Å². The Balaban J connectivity index is 1.77. The zero-order valence-electron chi connectivity index (χ0n) is 40.0. The van der Waals surface area contributed by atoms with E-state index in [0.717, 1.165) is 5.75 Å². The second-order valence-corrected chi connectivity index (χ2v) is 19.3. The Morgan fingerprint density at radius 3 is 2.14 bits per heavy atom. The van der Waals surface area contributed by atoms with Crippen molar-refractivity contribution in [1.82, 2.24) is 4.90 Å². The fourth-order valence-corrected chi connectivity index (χ4v) is 9.69. The molecule has 362 valence electrons. The van der Waals surface area contributed by atoms with Crippen molar-refractivity contribution in [3.05, 3.63) is 30.3 Å². The number of methoxy groups -OCH3 is 1. The third-order valence-electron chi connectivity index (χ3n) is 13.7. The van der Waals surface area contributed by atoms with Crippen LogP contribution < -0.4 is 4.74 Å². The summed E-state index contributed by atoms with van der Waals surface area (Å²) < 4.78 is 43.7. The highest BCUT2D eigenvalue weighted by atomic mass is 16.7. The maximum atomic E-state index is 14.4. The fraction of sp³-hybridized carbons (Fsp3) is 0.830. The van der Waals surface area contributed by atoms with E-state index in [4.69, 9.17) is 38.0 Å². The molecule has 5 N–H and O–H groups in total. The summed E-state index contributed by atoms with van der Waals surface area (Å²) in [6, 6.07) is 9.20. The molecule has 0 amide bonds. The number of carbonyl (C=O) groups excluding carboxylic acids is 1. The lowest BCUT2D eigenvalue weighted by Gasteiger charge is -2.49. The molecule has 3 aliphatic rings. The number of unbranched alkanes of at least 4 members (excludes halogenated alkanes) is 1. The predicted octanol–water partition coefficient (Wildman–Crippen LogP) is 4.45. The van der Waals surface area contributed by atoms with E-state index in [1.165, 1.54) is 14.0 Å². The summed E-state index contributed by atoms with van der Waals surface area (Å²) in [5, 5.41) is 64.2. The topological polar surface area (TPSA) is 208 Å². The fourth-order valence-electron chi connectivity index (χ4n) is 9.69. The number of cyclic esters (lactones) is 1. The van der Waals surface area contributed by atoms with Crippen molar-refractivity contribution in [3.63, 3.8) is 0 Å². The van der Waals surface area contributed by atoms with E-state index in [0.29, 0.717) is 31.6 Å². The molecular weight excluding hydrogens is 817 g/mol. The summed E-state index contributed by atoms with van der Waals surface area (Å²) in [6.45, 7) is 17.9. The number of hydrogen-bond acceptors (Lipinski definition) is 16. The summed E-state index contributed by atoms with van der Waals surface area (Å²) in [6.07, 6.45) is -8.06. The largest absolute Gasteiger partial charge is 0.494 e. The SMILES string of the molecule is CC[C@H]1OC(=O)[C@H](C)[C@@H](OC2C[C@@](C)(OC)[C@@H](O)[C@H](C)O2)[C@H](C)[C@@H](O[C@@H]2O[C@H](C)C[C@H](N(C)C)[C@H]2O)C(C)(O)C[C@@H](C)/C(=N\OCCCCOc2ccccc2)[C@H](C)[C@@H](O)[C@]1(C)O. The lowest BCUT2D eigenvalue weighted by Crippen LogP contribution is -2.61. The molecule has 2 unspecified atom stereocenters. The van der Waals surface area contributed by atoms with Gasteiger partial charge < -0.3 is 68.4 Å². The van der Waals surface area contributed by atoms with Crippen LogP contribution >= 0.6 is 0 Å². The number of carbonyl (C=O) groups is 1. The number of ether oxygens (including phenoxy) is 7. The first-order chi connectivity index (χ1) is 29.5. The van der Waals surface area contributed by atoms with Gasteiger partial charge in [0.2, 0.25) is 0 Å². The zero-order chi connectivity index (χ0) is 47.0. The van der Waals surface area contributed by atoms with Crippen LogP contribution in [0.2, 0.25) is 0 Å². The van der Waals surface area contributed by atoms with Gasteiger partial charge in [-0.25, -0.2) is 0 Å². The van der Waals surface area contributed by atoms with Gasteiger partial charge in [-0.05, 0) is 99.9 Å². The Hall–Kier alpha value is -2.48. The lowest BCUT2D eigenvalue weighted by atomic mass is 9.73. The van der Waals surface area contributed by atoms with Crippen molar-refractivity contribution in [2.45, 2.75) is 192 Å². The zero-order valence-corrected chi connectivity index (χ0v) is 40.0. The van der Waals surface area contributed by atoms with E-state index in [9.17, 15) is 30.3 Å². The van der Waals surface area contributed by atoms with Gasteiger partial charge in [0, 0.05) is 37.3 Å². The second-order valence-electron chi connectivity index (χ2n) is 19.3. The van der Waals surface area contributed by atoms with Gasteiger partial charge in [-0.2, -0.15) is 0 Å². The Morgan fingerprint density at radius 2 is 1.52 bits per heavy atom. The molecule has 0 radical (unpaired) electrons. The summed E-state index contributed by atoms with van der Waals surface area (Å²) in [5.74, 6) is -3.27. The smallest absolute Gasteiger partial charge is 0.311 e. The first-order valence-electron chi connectivity index (χ1n) is 22.9. The predicted molar refractivity (Wildman–Crippen MR) is 236 cm³/mol. The van der Waals surface area contributed by atoms with Crippen LogP contribution in [0.4, 0.5) is 0 Å². The Bertz CT molecular complexity index is 1580. The van der Waals surface area contributed by atoms with Crippen molar-refractivity contribution < 1.29 is 68.3 Å². The van der Waals surface area contributed by atoms with Gasteiger partial charge in [-0.3, -0.25) is 4.79 Å². The van der Waals surface area contributed by atoms with Crippen molar-refractivity contribution in [2.24, 2.45) is 28.8 Å². The van der Waals surface area contributed by atoms with Crippen molar-refractivity contribution in [3.8, 4) is 5.75 Å². The van der Waals surface area contributed by atoms with Crippen molar-refractivity contribution >= 4 is 11.7 Å². The molecule has 0 aromatic heterocycles. The Labute approximate surface area is 375 Å². The molecule has 18 atom stereocenters. The molecule has 3 aliphatic heterocycles. The number of aliphatic hydroxyl groups excluding tert-OH is 3. The van der Waals surface area contributed by atoms with Crippen molar-refractivity contribution in [1.29, 1.82) is 0 Å². The third kappa shape index (κ3) is 13.1. The molecule has 3 fully saturated rings. The number of rotatable bonds is 14. The van der Waals surface area contributed by atoms with Crippen molar-refractivity contribution in [2.75, 3.05) is 34.4 Å². The summed E-state index contributed by atoms with van der Waals surface area (Å²) in [4.78, 5) is 22.2. The van der Waals surface area contributed by atoms with Crippen LogP contribution in [0.25, 0.3) is 0 Å². The van der Waals surface area contributed by atoms with Crippen LogP contribution in [-0.2, 0) is 38.1 Å². The molecule has 0 spiro atoms. The van der Waals surface area contributed by atoms with E-state index in [2.05, 4.69) is 5.16 Å². The van der Waals surface area contributed by atoms with Gasteiger partial charge in [0.1, 0.15) is 36.3 Å². The highest BCUT2D eigenvalue weighted by molar-refractivity contribution is 5.88. The molecule has 3 saturated heterocycles. The first kappa shape index (κ1) is 53.1. The lowest BCUT2D eigenvalue weighted by molar-refractivity contribution is -0.317. The minimum atomic E-state index is -1.95. The molecular formula is C47H80N2O14. The van der Waals surface area contributed by atoms with E-state index >= 15 is 0 Å². The molecule has 16 heteroatoms. The number of oxime groups is 1. The van der Waals surface area contributed by atoms with E-state index < -0.39 is 102 Å². The van der Waals surface area contributed by atoms with Crippen LogP contribution in [0.3, 0.4) is 0 Å². The molecule has 1 aromatic carbocycles. The van der Waals surface area contributed by atoms with E-state index in [-0.39, 0.29) is 38.0 Å². The van der Waals surface area contributed by atoms with E-state index in [1.807, 2.05) is 63.2 Å². The average molecular weight is 897 g/mol. The number of esters is 1. The number of nitrogens with zero attached hydrogens (tertiary/aromatic N) is 2. The number of benzene rings is 1. The van der Waals surface area contributed by atoms with Gasteiger partial charge >= 0.3 is 5.97 Å². The number of aliphatic hydroxyl groups is 5. The quantitative estimate of drug-likeness (QED) is 0.0994. The van der Waals surface area contributed by atoms with Gasteiger partial charge in [0.05, 0.1) is 60.0 Å². The molecule has 63 heavy (non-hydrogen) atoms. The Kier molecular flexibility index (Phi) is 19.2. The minimum absolute atomic E-state index is 0.00253. The number of hydrogen-bond donors (Lipinski definition) is 5. The molecule has 16 nitrogen and oxygen atoms in total. The van der Waals surface area contributed by atoms with Gasteiger partial charge in [-0.1, -0.05) is 51.0 Å². The monoisotopic (exact) mass is 897 g/mol. The molecule has 4 rings (SSSR count). The summed E-state index contributed by atoms with van der Waals surface area (Å²) >= 11 is 0. The first-order valence-corrected chi connectivity index (χ1v) is 22.9. The number of para-hydroxylation sites is 1. The second kappa shape index (κ2) is 22.8. The van der Waals surface area contributed by atoms with Gasteiger partial charge in [0.15, 0.2) is 12.6 Å². The van der Waals surface area contributed by atoms with Gasteiger partial charge in [-0.15, -0.1) is 0 Å². The average Bonchev–Trinajstić information content (AvgIpc) is 3.23. The highest BCUT2D eigenvalue weighted by Gasteiger charge is 2.53. The van der Waals surface area contributed by atoms with Crippen LogP contribution in [0.1, 0.15) is 108 Å². The van der Waals surface area contributed by atoms with Gasteiger partial charge in [0.25, 0.3) is 0 Å². The van der Waals surface area contributed by atoms with Crippen LogP contribution in [0, 0.1) is 23.7 Å². The summed E-state index contributed by atoms with van der Waals surface area (Å²) in [5.41, 5.74) is -4.40. The number of likely N-dealkylation sites (N-methyl/N-ethyl adjacent to an activating group) is 1. The normalized spacial score (nSPS) is 43.0. The molecule has 0 bridgehead atoms. The maximum absolute atomic E-state index is 14.4. The van der Waals surface area contributed by atoms with Crippen LogP contribution in [0.15, 0.2) is 35.5 Å². The molecule has 0 saturated carbocycles. The van der Waals surface area contributed by atoms with E-state index in [1.54, 1.807) is 48.5 Å². The molecule has 1 aromatic rings. The molecule has 0 aliphatic carbocycles. The minimum Gasteiger partial charge on any atom is -0.494 e. The standard InChI is InChI=1S/C47H80N2O14/c1-14-35-47(10,55)40(51)29(4)37(48-58-23-19-18-22-57-33-20-16-15-17-21-33)27(2)25-45(8,54)42(63-44-38(50)34(49(11)12)24-28(3)59-44)30(5)39(31(6)43(53)61-35)62-36-26-46(9,56-13)41(52)32(7)60-36/h15-17,20-21,27-32,34-36,38-42,44,50-52,54-55H,14,18-19,22-26H2,1-13H3/b48-37+/t27-,28-,29+,30+,31-,32+,34+,35-,36?,38-,39+,40-,41+,42-,44+,45?,46-,47-/m1/s1. The highest BCUT2D eigenvalue weighted by Crippen LogP contribution is 2.41.